The molecule has 0 bridgehead atoms. The van der Waals surface area contributed by atoms with Crippen LogP contribution in [0.3, 0.4) is 0 Å². The molecule has 3 aromatic rings. The van der Waals surface area contributed by atoms with Gasteiger partial charge in [-0.15, -0.1) is 24.0 Å². The summed E-state index contributed by atoms with van der Waals surface area (Å²) in [6, 6.07) is 15.7. The first-order chi connectivity index (χ1) is 14.1. The number of hydrogen-bond donors (Lipinski definition) is 3. The van der Waals surface area contributed by atoms with Crippen LogP contribution in [0.1, 0.15) is 11.1 Å². The predicted octanol–water partition coefficient (Wildman–Crippen LogP) is 2.99. The molecule has 7 nitrogen and oxygen atoms in total. The van der Waals surface area contributed by atoms with E-state index in [1.807, 2.05) is 35.1 Å². The van der Waals surface area contributed by atoms with Crippen LogP contribution in [-0.2, 0) is 17.9 Å². The van der Waals surface area contributed by atoms with E-state index in [1.165, 1.54) is 12.1 Å². The SMILES string of the molecule is CN=C(NCC(=O)Nc1cccc(F)c1)NCc1ccccc1Cn1cccn1.I. The van der Waals surface area contributed by atoms with Crippen LogP contribution in [0, 0.1) is 5.82 Å². The van der Waals surface area contributed by atoms with Crippen molar-refractivity contribution < 1.29 is 9.18 Å². The molecule has 0 saturated heterocycles. The number of anilines is 1. The number of amides is 1. The molecule has 0 fully saturated rings. The van der Waals surface area contributed by atoms with Gasteiger partial charge in [0.1, 0.15) is 5.82 Å². The summed E-state index contributed by atoms with van der Waals surface area (Å²) in [5, 5.41) is 13.0. The van der Waals surface area contributed by atoms with Crippen LogP contribution in [0.4, 0.5) is 10.1 Å². The summed E-state index contributed by atoms with van der Waals surface area (Å²) in [6.07, 6.45) is 3.67. The smallest absolute Gasteiger partial charge is 0.243 e. The fraction of sp³-hybridized carbons (Fsp3) is 0.190. The van der Waals surface area contributed by atoms with Crippen molar-refractivity contribution in [2.24, 2.45) is 4.99 Å². The van der Waals surface area contributed by atoms with Crippen LogP contribution >= 0.6 is 24.0 Å². The minimum absolute atomic E-state index is 0. The Morgan fingerprint density at radius 1 is 1.10 bits per heavy atom. The van der Waals surface area contributed by atoms with E-state index in [0.29, 0.717) is 24.7 Å². The van der Waals surface area contributed by atoms with Crippen molar-refractivity contribution in [2.75, 3.05) is 18.9 Å². The first-order valence-corrected chi connectivity index (χ1v) is 9.18. The van der Waals surface area contributed by atoms with Crippen molar-refractivity contribution in [2.45, 2.75) is 13.1 Å². The average Bonchev–Trinajstić information content (AvgIpc) is 3.22. The Morgan fingerprint density at radius 3 is 2.60 bits per heavy atom. The highest BCUT2D eigenvalue weighted by molar-refractivity contribution is 14.0. The monoisotopic (exact) mass is 522 g/mol. The van der Waals surface area contributed by atoms with Gasteiger partial charge in [-0.25, -0.2) is 4.39 Å². The Morgan fingerprint density at radius 2 is 1.90 bits per heavy atom. The summed E-state index contributed by atoms with van der Waals surface area (Å²) >= 11 is 0. The molecule has 0 aliphatic heterocycles. The maximum Gasteiger partial charge on any atom is 0.243 e. The van der Waals surface area contributed by atoms with E-state index in [0.717, 1.165) is 11.1 Å². The van der Waals surface area contributed by atoms with Gasteiger partial charge in [-0.3, -0.25) is 14.5 Å². The molecule has 0 aliphatic rings. The number of halogens is 2. The van der Waals surface area contributed by atoms with E-state index in [2.05, 4.69) is 32.1 Å². The van der Waals surface area contributed by atoms with E-state index in [1.54, 1.807) is 25.4 Å². The summed E-state index contributed by atoms with van der Waals surface area (Å²) in [6.45, 7) is 1.22. The summed E-state index contributed by atoms with van der Waals surface area (Å²) < 4.78 is 15.1. The van der Waals surface area contributed by atoms with Crippen molar-refractivity contribution in [1.29, 1.82) is 0 Å². The number of benzene rings is 2. The lowest BCUT2D eigenvalue weighted by Crippen LogP contribution is -2.41. The zero-order chi connectivity index (χ0) is 20.5. The molecule has 2 aromatic carbocycles. The van der Waals surface area contributed by atoms with Crippen molar-refractivity contribution in [3.63, 3.8) is 0 Å². The number of rotatable bonds is 7. The number of guanidine groups is 1. The third-order valence-corrected chi connectivity index (χ3v) is 4.20. The van der Waals surface area contributed by atoms with Crippen LogP contribution in [0.25, 0.3) is 0 Å². The van der Waals surface area contributed by atoms with Gasteiger partial charge < -0.3 is 16.0 Å². The topological polar surface area (TPSA) is 83.3 Å². The number of carbonyl (C=O) groups is 1. The number of nitrogens with one attached hydrogen (secondary N) is 3. The molecule has 1 amide bonds. The van der Waals surface area contributed by atoms with E-state index >= 15 is 0 Å². The molecule has 0 saturated carbocycles. The van der Waals surface area contributed by atoms with Gasteiger partial charge in [0.05, 0.1) is 13.1 Å². The second-order valence-corrected chi connectivity index (χ2v) is 6.31. The van der Waals surface area contributed by atoms with Crippen LogP contribution < -0.4 is 16.0 Å². The third kappa shape index (κ3) is 7.14. The molecule has 1 aromatic heterocycles. The van der Waals surface area contributed by atoms with Crippen LogP contribution in [-0.4, -0.2) is 35.2 Å². The summed E-state index contributed by atoms with van der Waals surface area (Å²) in [5.41, 5.74) is 2.66. The fourth-order valence-electron chi connectivity index (χ4n) is 2.79. The second-order valence-electron chi connectivity index (χ2n) is 6.31. The minimum atomic E-state index is -0.401. The van der Waals surface area contributed by atoms with Gasteiger partial charge in [-0.1, -0.05) is 30.3 Å². The number of aliphatic imine (C=N–C) groups is 1. The second kappa shape index (κ2) is 11.9. The molecule has 1 heterocycles. The third-order valence-electron chi connectivity index (χ3n) is 4.20. The van der Waals surface area contributed by atoms with Gasteiger partial charge in [-0.2, -0.15) is 5.10 Å². The molecule has 0 aliphatic carbocycles. The zero-order valence-electron chi connectivity index (χ0n) is 16.5. The van der Waals surface area contributed by atoms with Crippen molar-refractivity contribution >= 4 is 41.5 Å². The largest absolute Gasteiger partial charge is 0.352 e. The lowest BCUT2D eigenvalue weighted by Gasteiger charge is -2.14. The molecule has 30 heavy (non-hydrogen) atoms. The first-order valence-electron chi connectivity index (χ1n) is 9.18. The number of carbonyl (C=O) groups excluding carboxylic acids is 1. The molecular formula is C21H24FIN6O. The van der Waals surface area contributed by atoms with E-state index in [9.17, 15) is 9.18 Å². The highest BCUT2D eigenvalue weighted by Crippen LogP contribution is 2.10. The normalized spacial score (nSPS) is 10.8. The summed E-state index contributed by atoms with van der Waals surface area (Å²) in [7, 11) is 1.63. The van der Waals surface area contributed by atoms with Gasteiger partial charge in [0.25, 0.3) is 0 Å². The maximum atomic E-state index is 13.2. The Balaban J connectivity index is 0.00000320. The van der Waals surface area contributed by atoms with Crippen LogP contribution in [0.15, 0.2) is 72.0 Å². The molecule has 3 rings (SSSR count). The molecule has 158 valence electrons. The quantitative estimate of drug-likeness (QED) is 0.253. The van der Waals surface area contributed by atoms with E-state index in [-0.39, 0.29) is 36.4 Å². The Hall–Kier alpha value is -2.95. The number of aromatic nitrogens is 2. The van der Waals surface area contributed by atoms with Crippen LogP contribution in [0.2, 0.25) is 0 Å². The first kappa shape index (κ1) is 23.3. The Bertz CT molecular complexity index is 977. The Labute approximate surface area is 191 Å². The van der Waals surface area contributed by atoms with Crippen molar-refractivity contribution in [1.82, 2.24) is 20.4 Å². The molecule has 0 spiro atoms. The Kier molecular flexibility index (Phi) is 9.26. The standard InChI is InChI=1S/C21H23FN6O.HI/c1-23-21(25-14-20(29)27-19-9-4-8-18(22)12-19)24-13-16-6-2-3-7-17(16)15-28-11-5-10-26-28;/h2-12H,13-15H2,1H3,(H,27,29)(H2,23,24,25);1H. The molecule has 0 unspecified atom stereocenters. The molecule has 3 N–H and O–H groups in total. The van der Waals surface area contributed by atoms with Gasteiger partial charge >= 0.3 is 0 Å². The van der Waals surface area contributed by atoms with E-state index in [4.69, 9.17) is 0 Å². The van der Waals surface area contributed by atoms with Crippen molar-refractivity contribution in [3.05, 3.63) is 83.9 Å². The number of nitrogens with zero attached hydrogens (tertiary/aromatic N) is 3. The lowest BCUT2D eigenvalue weighted by atomic mass is 10.1. The van der Waals surface area contributed by atoms with Crippen LogP contribution in [0.5, 0.6) is 0 Å². The maximum absolute atomic E-state index is 13.2. The highest BCUT2D eigenvalue weighted by atomic mass is 127. The predicted molar refractivity (Wildman–Crippen MR) is 126 cm³/mol. The summed E-state index contributed by atoms with van der Waals surface area (Å²) in [4.78, 5) is 16.2. The van der Waals surface area contributed by atoms with Gasteiger partial charge in [-0.05, 0) is 35.4 Å². The van der Waals surface area contributed by atoms with Gasteiger partial charge in [0, 0.05) is 31.7 Å². The zero-order valence-corrected chi connectivity index (χ0v) is 18.8. The lowest BCUT2D eigenvalue weighted by molar-refractivity contribution is -0.115. The minimum Gasteiger partial charge on any atom is -0.352 e. The van der Waals surface area contributed by atoms with Crippen molar-refractivity contribution in [3.8, 4) is 0 Å². The molecular weight excluding hydrogens is 498 g/mol. The molecule has 0 radical (unpaired) electrons. The van der Waals surface area contributed by atoms with Gasteiger partial charge in [0.15, 0.2) is 5.96 Å². The van der Waals surface area contributed by atoms with E-state index < -0.39 is 5.82 Å². The summed E-state index contributed by atoms with van der Waals surface area (Å²) in [5.74, 6) is -0.201. The molecule has 0 atom stereocenters. The average molecular weight is 522 g/mol. The molecule has 9 heteroatoms. The number of hydrogen-bond acceptors (Lipinski definition) is 3. The van der Waals surface area contributed by atoms with Gasteiger partial charge in [0.2, 0.25) is 5.91 Å². The fourth-order valence-corrected chi connectivity index (χ4v) is 2.79. The highest BCUT2D eigenvalue weighted by Gasteiger charge is 2.07.